The average molecular weight is 247 g/mol. The Morgan fingerprint density at radius 2 is 1.89 bits per heavy atom. The second-order valence-corrected chi connectivity index (χ2v) is 4.25. The number of halogens is 1. The zero-order valence-electron chi connectivity index (χ0n) is 10.5. The van der Waals surface area contributed by atoms with Crippen LogP contribution in [-0.4, -0.2) is 10.1 Å². The van der Waals surface area contributed by atoms with E-state index in [0.717, 1.165) is 28.3 Å². The molecule has 0 saturated carbocycles. The van der Waals surface area contributed by atoms with Gasteiger partial charge in [-0.15, -0.1) is 0 Å². The molecule has 0 atom stereocenters. The fraction of sp³-hybridized carbons (Fsp3) is 0.214. The molecule has 0 aliphatic rings. The van der Waals surface area contributed by atoms with Gasteiger partial charge in [0, 0.05) is 16.0 Å². The molecule has 0 amide bonds. The fourth-order valence-corrected chi connectivity index (χ4v) is 1.98. The molecule has 2 aromatic rings. The van der Waals surface area contributed by atoms with Crippen LogP contribution in [0.15, 0.2) is 18.4 Å². The van der Waals surface area contributed by atoms with Gasteiger partial charge in [0.15, 0.2) is 0 Å². The summed E-state index contributed by atoms with van der Waals surface area (Å²) in [6.07, 6.45) is 2.29. The zero-order chi connectivity index (χ0) is 13.3. The molecule has 0 bridgehead atoms. The highest BCUT2D eigenvalue weighted by Gasteiger charge is 2.12. The van der Waals surface area contributed by atoms with Crippen molar-refractivity contribution in [1.29, 1.82) is 0 Å². The molecule has 94 valence electrons. The number of phenols is 1. The van der Waals surface area contributed by atoms with E-state index in [0.29, 0.717) is 11.2 Å². The summed E-state index contributed by atoms with van der Waals surface area (Å²) >= 11 is 0. The van der Waals surface area contributed by atoms with Gasteiger partial charge in [0.25, 0.3) is 0 Å². The number of nitrogens with zero attached hydrogens (tertiary/aromatic N) is 1. The lowest BCUT2D eigenvalue weighted by molar-refractivity contribution is -0.0603. The molecular formula is C14H14FNO2. The van der Waals surface area contributed by atoms with E-state index in [-0.39, 0.29) is 5.75 Å². The minimum atomic E-state index is 0.171. The highest BCUT2D eigenvalue weighted by atomic mass is 19.3. The summed E-state index contributed by atoms with van der Waals surface area (Å²) in [6.45, 7) is 5.81. The summed E-state index contributed by atoms with van der Waals surface area (Å²) in [5.74, 6) is 0.171. The number of hydrogen-bond acceptors (Lipinski definition) is 3. The fourth-order valence-electron chi connectivity index (χ4n) is 1.98. The molecule has 1 heterocycles. The van der Waals surface area contributed by atoms with Crippen LogP contribution in [0.1, 0.15) is 22.4 Å². The van der Waals surface area contributed by atoms with E-state index in [2.05, 4.69) is 9.93 Å². The lowest BCUT2D eigenvalue weighted by Crippen LogP contribution is -1.93. The molecule has 1 aromatic heterocycles. The Kier molecular flexibility index (Phi) is 3.19. The minimum Gasteiger partial charge on any atom is -0.505 e. The Hall–Kier alpha value is -2.10. The maximum atomic E-state index is 11.6. The minimum absolute atomic E-state index is 0.171. The zero-order valence-corrected chi connectivity index (χ0v) is 10.5. The van der Waals surface area contributed by atoms with Crippen LogP contribution in [0.25, 0.3) is 17.0 Å². The van der Waals surface area contributed by atoms with Crippen LogP contribution in [0, 0.1) is 20.8 Å². The molecule has 1 aromatic carbocycles. The molecule has 1 N–H and O–H groups in total. The van der Waals surface area contributed by atoms with Crippen molar-refractivity contribution in [3.05, 3.63) is 40.8 Å². The first-order chi connectivity index (χ1) is 8.56. The second kappa shape index (κ2) is 4.64. The average Bonchev–Trinajstić information content (AvgIpc) is 2.40. The van der Waals surface area contributed by atoms with Crippen LogP contribution in [0.2, 0.25) is 0 Å². The van der Waals surface area contributed by atoms with E-state index in [1.165, 1.54) is 6.08 Å². The standard InChI is InChI=1S/C14H14FNO2/c1-8-9(2)12-5-4-11(6-7-18-15)16-13(12)14(17)10(8)3/h4-7,17H,1-3H3/b7-6+. The largest absolute Gasteiger partial charge is 0.505 e. The van der Waals surface area contributed by atoms with Crippen molar-refractivity contribution in [3.63, 3.8) is 0 Å². The second-order valence-electron chi connectivity index (χ2n) is 4.25. The number of phenolic OH excluding ortho intramolecular Hbond substituents is 1. The van der Waals surface area contributed by atoms with E-state index < -0.39 is 0 Å². The van der Waals surface area contributed by atoms with Crippen molar-refractivity contribution >= 4 is 17.0 Å². The molecule has 3 nitrogen and oxygen atoms in total. The van der Waals surface area contributed by atoms with E-state index in [9.17, 15) is 9.63 Å². The number of pyridine rings is 1. The molecule has 0 saturated heterocycles. The summed E-state index contributed by atoms with van der Waals surface area (Å²) in [6, 6.07) is 3.61. The van der Waals surface area contributed by atoms with Crippen molar-refractivity contribution in [2.75, 3.05) is 0 Å². The predicted molar refractivity (Wildman–Crippen MR) is 68.8 cm³/mol. The molecule has 0 fully saturated rings. The summed E-state index contributed by atoms with van der Waals surface area (Å²) in [7, 11) is 0. The van der Waals surface area contributed by atoms with Crippen LogP contribution < -0.4 is 0 Å². The van der Waals surface area contributed by atoms with Crippen LogP contribution in [-0.2, 0) is 4.94 Å². The Bertz CT molecular complexity index is 635. The Morgan fingerprint density at radius 1 is 1.17 bits per heavy atom. The number of aryl methyl sites for hydroxylation is 1. The molecular weight excluding hydrogens is 233 g/mol. The van der Waals surface area contributed by atoms with Gasteiger partial charge in [-0.2, -0.15) is 0 Å². The molecule has 0 aliphatic heterocycles. The van der Waals surface area contributed by atoms with Gasteiger partial charge in [0.1, 0.15) is 17.5 Å². The third-order valence-corrected chi connectivity index (χ3v) is 3.32. The Balaban J connectivity index is 2.74. The molecule has 0 unspecified atom stereocenters. The third kappa shape index (κ3) is 1.90. The highest BCUT2D eigenvalue weighted by Crippen LogP contribution is 2.33. The quantitative estimate of drug-likeness (QED) is 0.822. The first kappa shape index (κ1) is 12.4. The molecule has 0 spiro atoms. The van der Waals surface area contributed by atoms with Crippen molar-refractivity contribution in [1.82, 2.24) is 4.98 Å². The first-order valence-electron chi connectivity index (χ1n) is 5.59. The number of hydrogen-bond donors (Lipinski definition) is 1. The van der Waals surface area contributed by atoms with Gasteiger partial charge in [-0.3, -0.25) is 0 Å². The molecule has 2 rings (SSSR count). The topological polar surface area (TPSA) is 42.4 Å². The van der Waals surface area contributed by atoms with E-state index >= 15 is 0 Å². The van der Waals surface area contributed by atoms with Gasteiger partial charge in [0.05, 0.1) is 5.69 Å². The Morgan fingerprint density at radius 3 is 2.56 bits per heavy atom. The number of benzene rings is 1. The number of fused-ring (bicyclic) bond motifs is 1. The SMILES string of the molecule is Cc1c(C)c(O)c2nc(/C=C/OF)ccc2c1C. The van der Waals surface area contributed by atoms with Crippen LogP contribution in [0.5, 0.6) is 5.75 Å². The lowest BCUT2D eigenvalue weighted by atomic mass is 9.98. The van der Waals surface area contributed by atoms with Gasteiger partial charge >= 0.3 is 0 Å². The van der Waals surface area contributed by atoms with Crippen LogP contribution >= 0.6 is 0 Å². The van der Waals surface area contributed by atoms with Crippen LogP contribution in [0.3, 0.4) is 0 Å². The number of aromatic hydroxyl groups is 1. The molecule has 0 radical (unpaired) electrons. The van der Waals surface area contributed by atoms with Crippen molar-refractivity contribution in [3.8, 4) is 5.75 Å². The summed E-state index contributed by atoms with van der Waals surface area (Å²) in [4.78, 5) is 7.66. The van der Waals surface area contributed by atoms with Crippen molar-refractivity contribution in [2.45, 2.75) is 20.8 Å². The van der Waals surface area contributed by atoms with Gasteiger partial charge in [-0.05, 0) is 43.5 Å². The summed E-state index contributed by atoms with van der Waals surface area (Å²) in [5.41, 5.74) is 4.01. The van der Waals surface area contributed by atoms with E-state index in [1.807, 2.05) is 26.8 Å². The van der Waals surface area contributed by atoms with Crippen molar-refractivity contribution in [2.24, 2.45) is 0 Å². The first-order valence-corrected chi connectivity index (χ1v) is 5.59. The number of rotatable bonds is 2. The molecule has 4 heteroatoms. The third-order valence-electron chi connectivity index (χ3n) is 3.32. The maximum absolute atomic E-state index is 11.6. The van der Waals surface area contributed by atoms with Gasteiger partial charge in [-0.1, -0.05) is 6.07 Å². The predicted octanol–water partition coefficient (Wildman–Crippen LogP) is 3.74. The van der Waals surface area contributed by atoms with E-state index in [4.69, 9.17) is 0 Å². The van der Waals surface area contributed by atoms with Crippen molar-refractivity contribution < 1.29 is 14.6 Å². The normalized spacial score (nSPS) is 11.3. The Labute approximate surface area is 104 Å². The van der Waals surface area contributed by atoms with Gasteiger partial charge in [0.2, 0.25) is 0 Å². The maximum Gasteiger partial charge on any atom is 0.145 e. The lowest BCUT2D eigenvalue weighted by Gasteiger charge is -2.12. The highest BCUT2D eigenvalue weighted by molar-refractivity contribution is 5.90. The van der Waals surface area contributed by atoms with Gasteiger partial charge < -0.3 is 10.0 Å². The number of aromatic nitrogens is 1. The molecule has 18 heavy (non-hydrogen) atoms. The summed E-state index contributed by atoms with van der Waals surface area (Å²) < 4.78 is 11.6. The molecule has 0 aliphatic carbocycles. The van der Waals surface area contributed by atoms with Gasteiger partial charge in [-0.25, -0.2) is 4.98 Å². The van der Waals surface area contributed by atoms with Crippen LogP contribution in [0.4, 0.5) is 4.53 Å². The summed E-state index contributed by atoms with van der Waals surface area (Å²) in [5, 5.41) is 11.0. The smallest absolute Gasteiger partial charge is 0.145 e. The van der Waals surface area contributed by atoms with E-state index in [1.54, 1.807) is 6.07 Å². The monoisotopic (exact) mass is 247 g/mol.